The molecule has 0 radical (unpaired) electrons. The SMILES string of the molecule is c1ccc(-c2ccc(-c3nc(-c4ccc(-c5ccccc5)cc4)nc(-c4ccc(-c5nc6cc(-c7ccccc7)ccc6c6c5oc5ccccc56)cc4)n3)cc2)cc1.c1ccc(-c2ccc(-c3nc(-c4ccc(-c5ccccc5)cc4)nc(-c4cccc(-c5nc6cc(-c7ccccc7)ccc6c6c5oc5ccccc56)c4)n3)cc2)cc1. The van der Waals surface area contributed by atoms with Gasteiger partial charge in [0.2, 0.25) is 0 Å². The van der Waals surface area contributed by atoms with Crippen LogP contribution in [0.5, 0.6) is 0 Å². The van der Waals surface area contributed by atoms with E-state index in [-0.39, 0.29) is 0 Å². The fourth-order valence-corrected chi connectivity index (χ4v) is 15.9. The van der Waals surface area contributed by atoms with Crippen molar-refractivity contribution in [1.29, 1.82) is 0 Å². The average molecular weight is 1510 g/mol. The van der Waals surface area contributed by atoms with Crippen LogP contribution in [0, 0.1) is 0 Å². The van der Waals surface area contributed by atoms with Crippen molar-refractivity contribution < 1.29 is 8.83 Å². The molecule has 6 heterocycles. The average Bonchev–Trinajstić information content (AvgIpc) is 1.56. The van der Waals surface area contributed by atoms with E-state index in [0.29, 0.717) is 34.9 Å². The van der Waals surface area contributed by atoms with Gasteiger partial charge in [0, 0.05) is 76.8 Å². The van der Waals surface area contributed by atoms with Crippen LogP contribution in [0.1, 0.15) is 0 Å². The fraction of sp³-hybridized carbons (Fsp3) is 0. The molecule has 0 aliphatic carbocycles. The number of nitrogens with zero attached hydrogens (tertiary/aromatic N) is 8. The Morgan fingerprint density at radius 1 is 0.144 bits per heavy atom. The molecule has 552 valence electrons. The van der Waals surface area contributed by atoms with Gasteiger partial charge in [-0.2, -0.15) is 0 Å². The van der Waals surface area contributed by atoms with Crippen molar-refractivity contribution >= 4 is 65.7 Å². The topological polar surface area (TPSA) is 129 Å². The van der Waals surface area contributed by atoms with Gasteiger partial charge >= 0.3 is 0 Å². The number of fused-ring (bicyclic) bond motifs is 10. The quantitative estimate of drug-likeness (QED) is 0.104. The maximum atomic E-state index is 6.64. The molecule has 0 aliphatic heterocycles. The second-order valence-electron chi connectivity index (χ2n) is 29.3. The first-order valence-corrected chi connectivity index (χ1v) is 39.4. The largest absolute Gasteiger partial charge is 0.454 e. The second-order valence-corrected chi connectivity index (χ2v) is 29.3. The second kappa shape index (κ2) is 30.5. The molecule has 0 saturated carbocycles. The summed E-state index contributed by atoms with van der Waals surface area (Å²) in [5.41, 5.74) is 27.4. The van der Waals surface area contributed by atoms with E-state index >= 15 is 0 Å². The minimum absolute atomic E-state index is 0.569. The first-order chi connectivity index (χ1) is 58.4. The highest BCUT2D eigenvalue weighted by Gasteiger charge is 2.24. The van der Waals surface area contributed by atoms with E-state index in [9.17, 15) is 0 Å². The van der Waals surface area contributed by atoms with Crippen LogP contribution < -0.4 is 0 Å². The van der Waals surface area contributed by atoms with Gasteiger partial charge in [0.05, 0.1) is 11.0 Å². The zero-order valence-corrected chi connectivity index (χ0v) is 63.7. The maximum absolute atomic E-state index is 6.64. The van der Waals surface area contributed by atoms with Crippen LogP contribution in [-0.4, -0.2) is 39.9 Å². The normalized spacial score (nSPS) is 11.4. The van der Waals surface area contributed by atoms with Gasteiger partial charge in [0.15, 0.2) is 46.1 Å². The summed E-state index contributed by atoms with van der Waals surface area (Å²) in [7, 11) is 0. The lowest BCUT2D eigenvalue weighted by atomic mass is 9.99. The van der Waals surface area contributed by atoms with Crippen LogP contribution in [0.25, 0.3) is 223 Å². The van der Waals surface area contributed by atoms with Gasteiger partial charge in [-0.1, -0.05) is 382 Å². The highest BCUT2D eigenvalue weighted by molar-refractivity contribution is 6.22. The number of furan rings is 2. The first-order valence-electron chi connectivity index (χ1n) is 39.4. The number of pyridine rings is 2. The molecule has 22 aromatic rings. The highest BCUT2D eigenvalue weighted by Crippen LogP contribution is 2.44. The van der Waals surface area contributed by atoms with Crippen molar-refractivity contribution in [3.05, 3.63) is 413 Å². The first kappa shape index (κ1) is 69.9. The molecule has 10 heteroatoms. The number of benzene rings is 16. The van der Waals surface area contributed by atoms with E-state index in [0.717, 1.165) is 188 Å². The van der Waals surface area contributed by atoms with Gasteiger partial charge in [-0.25, -0.2) is 39.9 Å². The Labute approximate surface area is 680 Å². The Kier molecular flexibility index (Phi) is 18.0. The summed E-state index contributed by atoms with van der Waals surface area (Å²) < 4.78 is 13.2. The van der Waals surface area contributed by atoms with E-state index in [1.165, 1.54) is 0 Å². The van der Waals surface area contributed by atoms with E-state index < -0.39 is 0 Å². The molecular formula is C108H68N8O2. The molecule has 0 amide bonds. The third-order valence-electron chi connectivity index (χ3n) is 21.9. The maximum Gasteiger partial charge on any atom is 0.164 e. The molecule has 10 nitrogen and oxygen atoms in total. The molecular weight excluding hydrogens is 1440 g/mol. The van der Waals surface area contributed by atoms with E-state index in [1.54, 1.807) is 0 Å². The minimum Gasteiger partial charge on any atom is -0.454 e. The molecule has 0 unspecified atom stereocenters. The lowest BCUT2D eigenvalue weighted by Crippen LogP contribution is -2.00. The Morgan fingerprint density at radius 2 is 0.373 bits per heavy atom. The zero-order chi connectivity index (χ0) is 78.2. The summed E-state index contributed by atoms with van der Waals surface area (Å²) in [6, 6.07) is 142. The van der Waals surface area contributed by atoms with Gasteiger partial charge in [-0.05, 0) is 97.1 Å². The third kappa shape index (κ3) is 13.6. The lowest BCUT2D eigenvalue weighted by molar-refractivity contribution is 0.668. The van der Waals surface area contributed by atoms with Crippen LogP contribution in [0.4, 0.5) is 0 Å². The Balaban J connectivity index is 0.000000147. The smallest absolute Gasteiger partial charge is 0.164 e. The van der Waals surface area contributed by atoms with Crippen LogP contribution in [0.3, 0.4) is 0 Å². The van der Waals surface area contributed by atoms with Gasteiger partial charge in [-0.15, -0.1) is 0 Å². The van der Waals surface area contributed by atoms with Crippen molar-refractivity contribution in [1.82, 2.24) is 39.9 Å². The number of rotatable bonds is 14. The summed E-state index contributed by atoms with van der Waals surface area (Å²) in [6.45, 7) is 0. The van der Waals surface area contributed by atoms with E-state index in [4.69, 9.17) is 48.7 Å². The van der Waals surface area contributed by atoms with E-state index in [1.807, 2.05) is 72.8 Å². The predicted molar refractivity (Wildman–Crippen MR) is 481 cm³/mol. The number of aromatic nitrogens is 8. The van der Waals surface area contributed by atoms with Gasteiger partial charge in [-0.3, -0.25) is 0 Å². The number of para-hydroxylation sites is 2. The minimum atomic E-state index is 0.569. The zero-order valence-electron chi connectivity index (χ0n) is 63.7. The van der Waals surface area contributed by atoms with Crippen molar-refractivity contribution in [3.8, 4) is 158 Å². The molecule has 118 heavy (non-hydrogen) atoms. The number of hydrogen-bond donors (Lipinski definition) is 0. The molecule has 0 aliphatic rings. The van der Waals surface area contributed by atoms with E-state index in [2.05, 4.69) is 340 Å². The lowest BCUT2D eigenvalue weighted by Gasteiger charge is -2.11. The van der Waals surface area contributed by atoms with Crippen molar-refractivity contribution in [2.75, 3.05) is 0 Å². The molecule has 0 bridgehead atoms. The molecule has 0 atom stereocenters. The highest BCUT2D eigenvalue weighted by atomic mass is 16.3. The van der Waals surface area contributed by atoms with Crippen LogP contribution in [0.2, 0.25) is 0 Å². The van der Waals surface area contributed by atoms with Crippen molar-refractivity contribution in [3.63, 3.8) is 0 Å². The van der Waals surface area contributed by atoms with Crippen LogP contribution in [0.15, 0.2) is 421 Å². The molecule has 16 aromatic carbocycles. The van der Waals surface area contributed by atoms with Crippen LogP contribution in [-0.2, 0) is 0 Å². The Hall–Kier alpha value is -16.0. The summed E-state index contributed by atoms with van der Waals surface area (Å²) >= 11 is 0. The van der Waals surface area contributed by atoms with Gasteiger partial charge < -0.3 is 8.83 Å². The third-order valence-corrected chi connectivity index (χ3v) is 21.9. The summed E-state index contributed by atoms with van der Waals surface area (Å²) in [5.74, 6) is 3.56. The van der Waals surface area contributed by atoms with Crippen molar-refractivity contribution in [2.24, 2.45) is 0 Å². The molecule has 0 fully saturated rings. The monoisotopic (exact) mass is 1510 g/mol. The predicted octanol–water partition coefficient (Wildman–Crippen LogP) is 28.0. The molecule has 0 saturated heterocycles. The van der Waals surface area contributed by atoms with Gasteiger partial charge in [0.1, 0.15) is 22.6 Å². The Morgan fingerprint density at radius 3 is 0.695 bits per heavy atom. The molecule has 22 rings (SSSR count). The fourth-order valence-electron chi connectivity index (χ4n) is 15.9. The standard InChI is InChI=1S/2C54H34N4O/c1-4-13-35(14-5-1)38-23-27-40(28-24-38)52-56-53(41-29-25-39(26-30-41)36-15-6-2-7-16-36)58-54(57-52)44-20-12-19-43(33-44)50-51-49(46-21-10-11-22-48(46)59-51)45-32-31-42(34-47(45)55-50)37-17-8-3-9-18-37;1-4-12-35(13-5-1)38-20-26-41(27-21-38)52-56-53(42-28-22-39(23-29-42)36-14-6-2-7-15-36)58-54(57-52)43-30-24-40(25-31-43)50-51-49(46-18-10-11-19-48(46)59-51)45-33-32-44(34-47(45)55-50)37-16-8-3-9-17-37/h2*1-34H. The number of hydrogen-bond acceptors (Lipinski definition) is 10. The van der Waals surface area contributed by atoms with Crippen LogP contribution >= 0.6 is 0 Å². The summed E-state index contributed by atoms with van der Waals surface area (Å²) in [6.07, 6.45) is 0. The Bertz CT molecular complexity index is 7260. The van der Waals surface area contributed by atoms with Crippen molar-refractivity contribution in [2.45, 2.75) is 0 Å². The summed E-state index contributed by atoms with van der Waals surface area (Å²) in [5, 5.41) is 6.35. The molecule has 0 N–H and O–H groups in total. The summed E-state index contributed by atoms with van der Waals surface area (Å²) in [4.78, 5) is 41.1. The van der Waals surface area contributed by atoms with Gasteiger partial charge in [0.25, 0.3) is 0 Å². The molecule has 0 spiro atoms. The molecule has 6 aromatic heterocycles.